The Balaban J connectivity index is 3.09. The second kappa shape index (κ2) is 4.45. The summed E-state index contributed by atoms with van der Waals surface area (Å²) in [4.78, 5) is 0. The Hall–Kier alpha value is -2.05. The maximum Gasteiger partial charge on any atom is 0.211 e. The predicted octanol–water partition coefficient (Wildman–Crippen LogP) is 0.711. The summed E-state index contributed by atoms with van der Waals surface area (Å²) >= 11 is 0. The molecule has 1 aromatic carbocycles. The van der Waals surface area contributed by atoms with Crippen molar-refractivity contribution in [2.24, 2.45) is 21.7 Å². The molecule has 0 fully saturated rings. The molecule has 1 rings (SSSR count). The van der Waals surface area contributed by atoms with Crippen molar-refractivity contribution in [3.8, 4) is 0 Å². The molecule has 4 nitrogen and oxygen atoms in total. The highest BCUT2D eigenvalue weighted by Gasteiger charge is 2.11. The van der Waals surface area contributed by atoms with Crippen LogP contribution in [0.4, 0.5) is 13.2 Å². The SMILES string of the molecule is NC(N)=NN=Cc1c(F)ccc(F)c1F. The van der Waals surface area contributed by atoms with Gasteiger partial charge in [0.1, 0.15) is 5.82 Å². The number of halogens is 3. The van der Waals surface area contributed by atoms with Gasteiger partial charge in [0, 0.05) is 0 Å². The molecule has 0 spiro atoms. The van der Waals surface area contributed by atoms with Gasteiger partial charge in [0.15, 0.2) is 11.6 Å². The number of rotatable bonds is 2. The van der Waals surface area contributed by atoms with E-state index in [-0.39, 0.29) is 5.96 Å². The largest absolute Gasteiger partial charge is 0.369 e. The molecule has 0 radical (unpaired) electrons. The Bertz CT molecular complexity index is 424. The van der Waals surface area contributed by atoms with Crippen LogP contribution in [0.15, 0.2) is 22.3 Å². The van der Waals surface area contributed by atoms with Gasteiger partial charge in [-0.05, 0) is 12.1 Å². The second-order valence-electron chi connectivity index (χ2n) is 2.53. The average Bonchev–Trinajstić information content (AvgIpc) is 2.17. The lowest BCUT2D eigenvalue weighted by molar-refractivity contribution is 0.493. The van der Waals surface area contributed by atoms with Gasteiger partial charge in [-0.3, -0.25) is 0 Å². The Morgan fingerprint density at radius 3 is 2.33 bits per heavy atom. The second-order valence-corrected chi connectivity index (χ2v) is 2.53. The van der Waals surface area contributed by atoms with E-state index in [1.807, 2.05) is 0 Å². The van der Waals surface area contributed by atoms with E-state index >= 15 is 0 Å². The number of guanidine groups is 1. The maximum absolute atomic E-state index is 13.0. The molecule has 0 aliphatic heterocycles. The summed E-state index contributed by atoms with van der Waals surface area (Å²) in [7, 11) is 0. The molecular weight excluding hydrogens is 209 g/mol. The van der Waals surface area contributed by atoms with Crippen LogP contribution in [0.1, 0.15) is 5.56 Å². The molecule has 15 heavy (non-hydrogen) atoms. The number of hydrogen-bond acceptors (Lipinski definition) is 2. The topological polar surface area (TPSA) is 76.8 Å². The van der Waals surface area contributed by atoms with Crippen LogP contribution in [0.25, 0.3) is 0 Å². The van der Waals surface area contributed by atoms with Crippen LogP contribution in [-0.2, 0) is 0 Å². The lowest BCUT2D eigenvalue weighted by atomic mass is 10.2. The average molecular weight is 216 g/mol. The lowest BCUT2D eigenvalue weighted by Gasteiger charge is -1.98. The fraction of sp³-hybridized carbons (Fsp3) is 0. The van der Waals surface area contributed by atoms with Crippen molar-refractivity contribution in [2.75, 3.05) is 0 Å². The predicted molar refractivity (Wildman–Crippen MR) is 49.7 cm³/mol. The Labute approximate surface area is 83.1 Å². The molecular formula is C8H7F3N4. The molecule has 1 aromatic rings. The van der Waals surface area contributed by atoms with Gasteiger partial charge in [0.25, 0.3) is 0 Å². The first-order valence-electron chi connectivity index (χ1n) is 3.78. The third kappa shape index (κ3) is 2.70. The van der Waals surface area contributed by atoms with Gasteiger partial charge in [0.05, 0.1) is 11.8 Å². The van der Waals surface area contributed by atoms with E-state index in [9.17, 15) is 13.2 Å². The molecule has 0 amide bonds. The van der Waals surface area contributed by atoms with E-state index in [4.69, 9.17) is 11.5 Å². The maximum atomic E-state index is 13.0. The normalized spacial score (nSPS) is 10.6. The Morgan fingerprint density at radius 1 is 1.13 bits per heavy atom. The molecule has 0 aromatic heterocycles. The molecule has 0 bridgehead atoms. The fourth-order valence-electron chi connectivity index (χ4n) is 0.814. The van der Waals surface area contributed by atoms with Gasteiger partial charge in [-0.25, -0.2) is 13.2 Å². The first-order chi connectivity index (χ1) is 7.02. The van der Waals surface area contributed by atoms with Crippen molar-refractivity contribution in [1.82, 2.24) is 0 Å². The summed E-state index contributed by atoms with van der Waals surface area (Å²) in [6.45, 7) is 0. The van der Waals surface area contributed by atoms with Crippen LogP contribution in [0.5, 0.6) is 0 Å². The van der Waals surface area contributed by atoms with Crippen molar-refractivity contribution in [3.63, 3.8) is 0 Å². The molecule has 0 aliphatic carbocycles. The summed E-state index contributed by atoms with van der Waals surface area (Å²) in [6, 6.07) is 1.44. The van der Waals surface area contributed by atoms with E-state index in [2.05, 4.69) is 10.2 Å². The van der Waals surface area contributed by atoms with Crippen LogP contribution < -0.4 is 11.5 Å². The lowest BCUT2D eigenvalue weighted by Crippen LogP contribution is -2.21. The van der Waals surface area contributed by atoms with Crippen LogP contribution in [-0.4, -0.2) is 12.2 Å². The van der Waals surface area contributed by atoms with Gasteiger partial charge in [-0.2, -0.15) is 5.10 Å². The molecule has 4 N–H and O–H groups in total. The van der Waals surface area contributed by atoms with Crippen molar-refractivity contribution in [2.45, 2.75) is 0 Å². The summed E-state index contributed by atoms with van der Waals surface area (Å²) in [5.74, 6) is -3.85. The van der Waals surface area contributed by atoms with Crippen LogP contribution in [0.2, 0.25) is 0 Å². The van der Waals surface area contributed by atoms with Crippen LogP contribution in [0.3, 0.4) is 0 Å². The van der Waals surface area contributed by atoms with Gasteiger partial charge >= 0.3 is 0 Å². The first kappa shape index (κ1) is 11.0. The van der Waals surface area contributed by atoms with Gasteiger partial charge in [-0.15, -0.1) is 5.10 Å². The highest BCUT2D eigenvalue weighted by Crippen LogP contribution is 2.13. The van der Waals surface area contributed by atoms with Crippen LogP contribution in [0, 0.1) is 17.5 Å². The zero-order chi connectivity index (χ0) is 11.4. The van der Waals surface area contributed by atoms with Crippen molar-refractivity contribution in [3.05, 3.63) is 35.1 Å². The van der Waals surface area contributed by atoms with E-state index < -0.39 is 23.0 Å². The third-order valence-corrected chi connectivity index (χ3v) is 1.44. The zero-order valence-corrected chi connectivity index (χ0v) is 7.42. The van der Waals surface area contributed by atoms with E-state index in [1.165, 1.54) is 0 Å². The monoisotopic (exact) mass is 216 g/mol. The summed E-state index contributed by atoms with van der Waals surface area (Å²) in [6.07, 6.45) is 0.688. The smallest absolute Gasteiger partial charge is 0.211 e. The minimum absolute atomic E-state index is 0.372. The highest BCUT2D eigenvalue weighted by atomic mass is 19.2. The van der Waals surface area contributed by atoms with Crippen molar-refractivity contribution >= 4 is 12.2 Å². The Kier molecular flexibility index (Phi) is 3.27. The molecule has 0 heterocycles. The number of nitrogens with two attached hydrogens (primary N) is 2. The summed E-state index contributed by atoms with van der Waals surface area (Å²) in [5, 5.41) is 6.29. The molecule has 80 valence electrons. The van der Waals surface area contributed by atoms with Crippen molar-refractivity contribution in [1.29, 1.82) is 0 Å². The van der Waals surface area contributed by atoms with Crippen molar-refractivity contribution < 1.29 is 13.2 Å². The van der Waals surface area contributed by atoms with E-state index in [1.54, 1.807) is 0 Å². The minimum Gasteiger partial charge on any atom is -0.369 e. The number of hydrogen-bond donors (Lipinski definition) is 2. The van der Waals surface area contributed by atoms with Gasteiger partial charge in [-0.1, -0.05) is 0 Å². The number of benzene rings is 1. The molecule has 7 heteroatoms. The minimum atomic E-state index is -1.34. The first-order valence-corrected chi connectivity index (χ1v) is 3.78. The quantitative estimate of drug-likeness (QED) is 0.330. The molecule has 0 saturated heterocycles. The van der Waals surface area contributed by atoms with E-state index in [0.29, 0.717) is 12.3 Å². The Morgan fingerprint density at radius 2 is 1.73 bits per heavy atom. The number of nitrogens with zero attached hydrogens (tertiary/aromatic N) is 2. The molecule has 0 atom stereocenters. The standard InChI is InChI=1S/C8H7F3N4/c9-5-1-2-6(10)7(11)4(5)3-14-15-8(12)13/h1-3H,(H4,12,13,15). The summed E-state index contributed by atoms with van der Waals surface area (Å²) < 4.78 is 38.6. The van der Waals surface area contributed by atoms with Gasteiger partial charge in [0.2, 0.25) is 5.96 Å². The fourth-order valence-corrected chi connectivity index (χ4v) is 0.814. The van der Waals surface area contributed by atoms with E-state index in [0.717, 1.165) is 6.07 Å². The summed E-state index contributed by atoms with van der Waals surface area (Å²) in [5.41, 5.74) is 9.19. The molecule has 0 unspecified atom stereocenters. The zero-order valence-electron chi connectivity index (χ0n) is 7.42. The van der Waals surface area contributed by atoms with Gasteiger partial charge < -0.3 is 11.5 Å². The molecule has 0 aliphatic rings. The molecule has 0 saturated carbocycles. The highest BCUT2D eigenvalue weighted by molar-refractivity contribution is 5.82. The van der Waals surface area contributed by atoms with Crippen LogP contribution >= 0.6 is 0 Å². The third-order valence-electron chi connectivity index (χ3n) is 1.44.